The molecule has 0 heterocycles. The molecule has 15 heavy (non-hydrogen) atoms. The van der Waals surface area contributed by atoms with E-state index in [1.165, 1.54) is 0 Å². The molecule has 0 saturated heterocycles. The predicted molar refractivity (Wildman–Crippen MR) is 54.1 cm³/mol. The van der Waals surface area contributed by atoms with E-state index in [0.29, 0.717) is 11.3 Å². The number of rotatable bonds is 5. The van der Waals surface area contributed by atoms with Crippen molar-refractivity contribution in [3.63, 3.8) is 0 Å². The predicted octanol–water partition coefficient (Wildman–Crippen LogP) is 1.52. The summed E-state index contributed by atoms with van der Waals surface area (Å²) in [5, 5.41) is 8.52. The lowest BCUT2D eigenvalue weighted by Gasteiger charge is -2.05. The zero-order chi connectivity index (χ0) is 11.3. The van der Waals surface area contributed by atoms with Gasteiger partial charge < -0.3 is 9.84 Å². The van der Waals surface area contributed by atoms with Gasteiger partial charge in [-0.15, -0.1) is 0 Å². The van der Waals surface area contributed by atoms with Gasteiger partial charge in [-0.2, -0.15) is 0 Å². The molecule has 0 aliphatic carbocycles. The molecule has 1 aromatic carbocycles. The number of benzene rings is 1. The van der Waals surface area contributed by atoms with Gasteiger partial charge in [0.15, 0.2) is 0 Å². The summed E-state index contributed by atoms with van der Waals surface area (Å²) in [6.45, 7) is 3.25. The number of ether oxygens (including phenoxy) is 1. The fraction of sp³-hybridized carbons (Fsp3) is 0.0909. The maximum Gasteiger partial charge on any atom is 0.334 e. The van der Waals surface area contributed by atoms with Gasteiger partial charge in [0.25, 0.3) is 0 Å². The highest BCUT2D eigenvalue weighted by atomic mass is 16.5. The molecule has 0 aliphatic rings. The molecule has 1 N–H and O–H groups in total. The summed E-state index contributed by atoms with van der Waals surface area (Å²) in [5.41, 5.74) is 0.522. The molecular weight excluding hydrogens is 196 g/mol. The molecule has 0 saturated carbocycles. The van der Waals surface area contributed by atoms with E-state index in [1.807, 2.05) is 0 Å². The Kier molecular flexibility index (Phi) is 3.62. The summed E-state index contributed by atoms with van der Waals surface area (Å²) in [6.07, 6.45) is 0.722. The van der Waals surface area contributed by atoms with Gasteiger partial charge in [-0.25, -0.2) is 4.79 Å². The second kappa shape index (κ2) is 4.95. The van der Waals surface area contributed by atoms with Gasteiger partial charge in [0.05, 0.1) is 5.57 Å². The van der Waals surface area contributed by atoms with E-state index in [-0.39, 0.29) is 12.2 Å². The number of hydrogen-bond acceptors (Lipinski definition) is 3. The van der Waals surface area contributed by atoms with Crippen LogP contribution in [0.15, 0.2) is 36.4 Å². The Morgan fingerprint density at radius 1 is 1.40 bits per heavy atom. The first kappa shape index (κ1) is 11.0. The third-order valence-corrected chi connectivity index (χ3v) is 1.73. The monoisotopic (exact) mass is 206 g/mol. The van der Waals surface area contributed by atoms with Crippen LogP contribution >= 0.6 is 0 Å². The standard InChI is InChI=1S/C11H10O4/c1-8(11(13)14)7-15-10-4-2-9(6-12)3-5-10/h2-6H,1,7H2,(H,13,14). The largest absolute Gasteiger partial charge is 0.489 e. The highest BCUT2D eigenvalue weighted by Crippen LogP contribution is 2.11. The summed E-state index contributed by atoms with van der Waals surface area (Å²) in [5.74, 6) is -0.581. The Balaban J connectivity index is 2.54. The van der Waals surface area contributed by atoms with Crippen molar-refractivity contribution in [1.82, 2.24) is 0 Å². The Hall–Kier alpha value is -2.10. The summed E-state index contributed by atoms with van der Waals surface area (Å²) >= 11 is 0. The van der Waals surface area contributed by atoms with Crippen LogP contribution in [0.25, 0.3) is 0 Å². The Labute approximate surface area is 86.8 Å². The molecule has 1 aromatic rings. The summed E-state index contributed by atoms with van der Waals surface area (Å²) < 4.78 is 5.13. The lowest BCUT2D eigenvalue weighted by molar-refractivity contribution is -0.133. The third-order valence-electron chi connectivity index (χ3n) is 1.73. The van der Waals surface area contributed by atoms with E-state index in [9.17, 15) is 9.59 Å². The minimum atomic E-state index is -1.08. The van der Waals surface area contributed by atoms with Gasteiger partial charge in [0.2, 0.25) is 0 Å². The topological polar surface area (TPSA) is 63.6 Å². The van der Waals surface area contributed by atoms with Crippen LogP contribution in [-0.2, 0) is 4.79 Å². The molecule has 4 nitrogen and oxygen atoms in total. The average molecular weight is 206 g/mol. The zero-order valence-electron chi connectivity index (χ0n) is 7.97. The molecule has 78 valence electrons. The van der Waals surface area contributed by atoms with Crippen molar-refractivity contribution < 1.29 is 19.4 Å². The highest BCUT2D eigenvalue weighted by Gasteiger charge is 2.04. The maximum absolute atomic E-state index is 10.4. The number of carboxylic acid groups (broad SMARTS) is 1. The van der Waals surface area contributed by atoms with Crippen LogP contribution in [-0.4, -0.2) is 24.0 Å². The summed E-state index contributed by atoms with van der Waals surface area (Å²) in [6, 6.07) is 6.37. The van der Waals surface area contributed by atoms with Crippen molar-refractivity contribution in [2.75, 3.05) is 6.61 Å². The summed E-state index contributed by atoms with van der Waals surface area (Å²) in [7, 11) is 0. The average Bonchev–Trinajstić information content (AvgIpc) is 2.26. The minimum Gasteiger partial charge on any atom is -0.489 e. The SMILES string of the molecule is C=C(COc1ccc(C=O)cc1)C(=O)O. The van der Waals surface area contributed by atoms with Crippen LogP contribution in [0.5, 0.6) is 5.75 Å². The lowest BCUT2D eigenvalue weighted by Crippen LogP contribution is -2.08. The Morgan fingerprint density at radius 3 is 2.47 bits per heavy atom. The van der Waals surface area contributed by atoms with Crippen molar-refractivity contribution >= 4 is 12.3 Å². The lowest BCUT2D eigenvalue weighted by atomic mass is 10.2. The smallest absolute Gasteiger partial charge is 0.334 e. The Morgan fingerprint density at radius 2 is 2.00 bits per heavy atom. The zero-order valence-corrected chi connectivity index (χ0v) is 7.97. The van der Waals surface area contributed by atoms with Crippen LogP contribution in [0.1, 0.15) is 10.4 Å². The van der Waals surface area contributed by atoms with E-state index in [1.54, 1.807) is 24.3 Å². The number of aliphatic carboxylic acids is 1. The van der Waals surface area contributed by atoms with Gasteiger partial charge in [0.1, 0.15) is 18.6 Å². The molecule has 0 radical (unpaired) electrons. The van der Waals surface area contributed by atoms with Crippen molar-refractivity contribution in [2.45, 2.75) is 0 Å². The van der Waals surface area contributed by atoms with Crippen molar-refractivity contribution in [1.29, 1.82) is 0 Å². The normalized spacial score (nSPS) is 9.33. The maximum atomic E-state index is 10.4. The first-order valence-corrected chi connectivity index (χ1v) is 4.22. The number of carboxylic acids is 1. The van der Waals surface area contributed by atoms with Crippen molar-refractivity contribution in [2.24, 2.45) is 0 Å². The van der Waals surface area contributed by atoms with E-state index in [4.69, 9.17) is 9.84 Å². The number of aldehydes is 1. The second-order valence-corrected chi connectivity index (χ2v) is 2.88. The van der Waals surface area contributed by atoms with Gasteiger partial charge in [-0.05, 0) is 24.3 Å². The van der Waals surface area contributed by atoms with Crippen molar-refractivity contribution in [3.8, 4) is 5.75 Å². The van der Waals surface area contributed by atoms with Crippen LogP contribution in [0.2, 0.25) is 0 Å². The molecule has 1 rings (SSSR count). The highest BCUT2D eigenvalue weighted by molar-refractivity contribution is 5.86. The molecule has 0 amide bonds. The van der Waals surface area contributed by atoms with Gasteiger partial charge in [-0.3, -0.25) is 4.79 Å². The number of carbonyl (C=O) groups is 2. The Bertz CT molecular complexity index is 378. The first-order valence-electron chi connectivity index (χ1n) is 4.22. The van der Waals surface area contributed by atoms with E-state index in [2.05, 4.69) is 6.58 Å². The number of hydrogen-bond donors (Lipinski definition) is 1. The molecule has 0 unspecified atom stereocenters. The van der Waals surface area contributed by atoms with E-state index < -0.39 is 5.97 Å². The fourth-order valence-electron chi connectivity index (χ4n) is 0.875. The molecule has 4 heteroatoms. The quantitative estimate of drug-likeness (QED) is 0.586. The van der Waals surface area contributed by atoms with E-state index in [0.717, 1.165) is 6.29 Å². The third kappa shape index (κ3) is 3.27. The molecule has 0 aromatic heterocycles. The van der Waals surface area contributed by atoms with Crippen LogP contribution in [0, 0.1) is 0 Å². The minimum absolute atomic E-state index is 0.0190. The van der Waals surface area contributed by atoms with Crippen LogP contribution in [0.3, 0.4) is 0 Å². The fourth-order valence-corrected chi connectivity index (χ4v) is 0.875. The van der Waals surface area contributed by atoms with Crippen LogP contribution < -0.4 is 4.74 Å². The van der Waals surface area contributed by atoms with Crippen molar-refractivity contribution in [3.05, 3.63) is 42.0 Å². The molecular formula is C11H10O4. The van der Waals surface area contributed by atoms with Crippen LogP contribution in [0.4, 0.5) is 0 Å². The second-order valence-electron chi connectivity index (χ2n) is 2.88. The van der Waals surface area contributed by atoms with Gasteiger partial charge in [-0.1, -0.05) is 6.58 Å². The molecule has 0 atom stereocenters. The van der Waals surface area contributed by atoms with E-state index >= 15 is 0 Å². The first-order chi connectivity index (χ1) is 7.13. The summed E-state index contributed by atoms with van der Waals surface area (Å²) in [4.78, 5) is 20.7. The molecule has 0 bridgehead atoms. The number of carbonyl (C=O) groups excluding carboxylic acids is 1. The van der Waals surface area contributed by atoms with Gasteiger partial charge >= 0.3 is 5.97 Å². The molecule has 0 fully saturated rings. The molecule has 0 aliphatic heterocycles. The van der Waals surface area contributed by atoms with Gasteiger partial charge in [0, 0.05) is 5.56 Å². The molecule has 0 spiro atoms.